The summed E-state index contributed by atoms with van der Waals surface area (Å²) in [6, 6.07) is 0. The number of unbranched alkanes of at least 4 members (excludes halogenated alkanes) is 39. The summed E-state index contributed by atoms with van der Waals surface area (Å²) in [5.74, 6) is -1.38. The lowest BCUT2D eigenvalue weighted by atomic mass is 10.0. The third-order valence-corrected chi connectivity index (χ3v) is 17.4. The van der Waals surface area contributed by atoms with Crippen molar-refractivity contribution in [3.8, 4) is 0 Å². The highest BCUT2D eigenvalue weighted by Crippen LogP contribution is 2.45. The van der Waals surface area contributed by atoms with E-state index < -0.39 is 97.5 Å². The molecule has 0 amide bonds. The molecule has 0 aliphatic carbocycles. The predicted molar refractivity (Wildman–Crippen MR) is 345 cm³/mol. The molecule has 0 spiro atoms. The van der Waals surface area contributed by atoms with E-state index in [4.69, 9.17) is 37.0 Å². The number of hydrogen-bond donors (Lipinski definition) is 3. The molecule has 510 valence electrons. The Morgan fingerprint density at radius 3 is 0.791 bits per heavy atom. The van der Waals surface area contributed by atoms with Crippen molar-refractivity contribution in [1.82, 2.24) is 0 Å². The molecule has 0 aliphatic heterocycles. The molecule has 0 aliphatic rings. The fourth-order valence-corrected chi connectivity index (χ4v) is 11.7. The SMILES string of the molecule is CCCCCCCCCCCCCCCCC(=O)O[C@H](COC(=O)CCCCCCCCCCCC(C)C)COP(=O)(O)OC[C@@H](O)COP(=O)(O)OC[C@@H](COC(=O)CCCCCCCCCCC)OC(=O)CCCCCCCCCCCCC. The highest BCUT2D eigenvalue weighted by atomic mass is 31.2. The molecule has 19 heteroatoms. The Balaban J connectivity index is 5.24. The average molecular weight is 1270 g/mol. The first kappa shape index (κ1) is 84.1. The summed E-state index contributed by atoms with van der Waals surface area (Å²) in [6.45, 7) is 7.19. The zero-order valence-electron chi connectivity index (χ0n) is 55.4. The van der Waals surface area contributed by atoms with Crippen molar-refractivity contribution in [3.63, 3.8) is 0 Å². The van der Waals surface area contributed by atoms with Gasteiger partial charge in [-0.25, -0.2) is 9.13 Å². The topological polar surface area (TPSA) is 237 Å². The van der Waals surface area contributed by atoms with Gasteiger partial charge in [0.05, 0.1) is 26.4 Å². The Bertz CT molecular complexity index is 1670. The number of ether oxygens (including phenoxy) is 4. The summed E-state index contributed by atoms with van der Waals surface area (Å²) in [6.07, 6.45) is 45.7. The van der Waals surface area contributed by atoms with Gasteiger partial charge in [-0.2, -0.15) is 0 Å². The third-order valence-electron chi connectivity index (χ3n) is 15.5. The van der Waals surface area contributed by atoms with Gasteiger partial charge in [0.15, 0.2) is 12.2 Å². The lowest BCUT2D eigenvalue weighted by Gasteiger charge is -2.21. The number of aliphatic hydroxyl groups is 1. The van der Waals surface area contributed by atoms with E-state index >= 15 is 0 Å². The molecule has 0 saturated carbocycles. The standard InChI is InChI=1S/C67H130O17P2/c1-6-9-12-15-18-21-23-24-25-27-32-38-43-48-53-67(72)84-63(57-78-65(70)51-46-41-36-33-28-30-34-39-44-49-60(4)5)59-82-86(75,76)80-55-61(68)54-79-85(73,74)81-58-62(56-77-64(69)50-45-40-35-29-20-17-14-11-8-3)83-66(71)52-47-42-37-31-26-22-19-16-13-10-7-2/h60-63,68H,6-59H2,1-5H3,(H,73,74)(H,75,76)/t61-,62+,63+/m0/s1. The molecule has 0 bridgehead atoms. The van der Waals surface area contributed by atoms with Crippen molar-refractivity contribution >= 4 is 39.5 Å². The van der Waals surface area contributed by atoms with E-state index in [0.717, 1.165) is 95.8 Å². The van der Waals surface area contributed by atoms with Crippen LogP contribution >= 0.6 is 15.6 Å². The van der Waals surface area contributed by atoms with E-state index in [1.165, 1.54) is 167 Å². The van der Waals surface area contributed by atoms with Crippen LogP contribution in [0.1, 0.15) is 343 Å². The number of esters is 4. The monoisotopic (exact) mass is 1270 g/mol. The predicted octanol–water partition coefficient (Wildman–Crippen LogP) is 19.0. The number of hydrogen-bond acceptors (Lipinski definition) is 15. The van der Waals surface area contributed by atoms with Crippen LogP contribution in [0.4, 0.5) is 0 Å². The van der Waals surface area contributed by atoms with Gasteiger partial charge in [-0.3, -0.25) is 37.3 Å². The van der Waals surface area contributed by atoms with Crippen LogP contribution in [0, 0.1) is 5.92 Å². The van der Waals surface area contributed by atoms with Crippen LogP contribution in [-0.2, 0) is 65.4 Å². The summed E-state index contributed by atoms with van der Waals surface area (Å²) in [4.78, 5) is 72.3. The zero-order chi connectivity index (χ0) is 63.5. The zero-order valence-corrected chi connectivity index (χ0v) is 57.2. The molecule has 0 aromatic carbocycles. The molecule has 0 aromatic heterocycles. The van der Waals surface area contributed by atoms with Gasteiger partial charge in [-0.15, -0.1) is 0 Å². The molecular formula is C67H130O17P2. The van der Waals surface area contributed by atoms with Crippen molar-refractivity contribution in [2.24, 2.45) is 5.92 Å². The van der Waals surface area contributed by atoms with Crippen molar-refractivity contribution in [2.45, 2.75) is 361 Å². The van der Waals surface area contributed by atoms with Crippen molar-refractivity contribution in [2.75, 3.05) is 39.6 Å². The van der Waals surface area contributed by atoms with Crippen LogP contribution in [-0.4, -0.2) is 96.7 Å². The number of carbonyl (C=O) groups is 4. The second kappa shape index (κ2) is 60.6. The van der Waals surface area contributed by atoms with Crippen LogP contribution in [0.5, 0.6) is 0 Å². The van der Waals surface area contributed by atoms with Crippen LogP contribution in [0.15, 0.2) is 0 Å². The Kier molecular flexibility index (Phi) is 59.2. The van der Waals surface area contributed by atoms with E-state index in [0.29, 0.717) is 25.7 Å². The molecule has 0 aromatic rings. The minimum Gasteiger partial charge on any atom is -0.462 e. The Hall–Kier alpha value is -1.94. The molecule has 0 saturated heterocycles. The molecule has 0 radical (unpaired) electrons. The van der Waals surface area contributed by atoms with Gasteiger partial charge in [-0.05, 0) is 31.6 Å². The minimum absolute atomic E-state index is 0.107. The van der Waals surface area contributed by atoms with Crippen LogP contribution in [0.3, 0.4) is 0 Å². The van der Waals surface area contributed by atoms with Gasteiger partial charge in [0.2, 0.25) is 0 Å². The summed E-state index contributed by atoms with van der Waals surface area (Å²) in [5, 5.41) is 10.6. The van der Waals surface area contributed by atoms with Crippen molar-refractivity contribution in [3.05, 3.63) is 0 Å². The first-order valence-electron chi connectivity index (χ1n) is 35.1. The van der Waals surface area contributed by atoms with Crippen LogP contribution in [0.2, 0.25) is 0 Å². The first-order valence-corrected chi connectivity index (χ1v) is 38.1. The fourth-order valence-electron chi connectivity index (χ4n) is 10.1. The van der Waals surface area contributed by atoms with E-state index in [9.17, 15) is 43.2 Å². The van der Waals surface area contributed by atoms with Gasteiger partial charge >= 0.3 is 39.5 Å². The number of carbonyl (C=O) groups excluding carboxylic acids is 4. The van der Waals surface area contributed by atoms with E-state index in [2.05, 4.69) is 34.6 Å². The number of phosphoric ester groups is 2. The highest BCUT2D eigenvalue weighted by molar-refractivity contribution is 7.47. The van der Waals surface area contributed by atoms with Crippen LogP contribution in [0.25, 0.3) is 0 Å². The lowest BCUT2D eigenvalue weighted by Crippen LogP contribution is -2.30. The molecule has 0 rings (SSSR count). The largest absolute Gasteiger partial charge is 0.472 e. The van der Waals surface area contributed by atoms with Gasteiger partial charge < -0.3 is 33.8 Å². The van der Waals surface area contributed by atoms with E-state index in [1.54, 1.807) is 0 Å². The van der Waals surface area contributed by atoms with Crippen LogP contribution < -0.4 is 0 Å². The third kappa shape index (κ3) is 60.9. The lowest BCUT2D eigenvalue weighted by molar-refractivity contribution is -0.161. The summed E-state index contributed by atoms with van der Waals surface area (Å²) >= 11 is 0. The summed E-state index contributed by atoms with van der Waals surface area (Å²) in [5.41, 5.74) is 0. The Morgan fingerprint density at radius 2 is 0.535 bits per heavy atom. The smallest absolute Gasteiger partial charge is 0.462 e. The first-order chi connectivity index (χ1) is 41.5. The second-order valence-electron chi connectivity index (χ2n) is 24.7. The van der Waals surface area contributed by atoms with Gasteiger partial charge in [0.1, 0.15) is 19.3 Å². The maximum Gasteiger partial charge on any atom is 0.472 e. The Morgan fingerprint density at radius 1 is 0.314 bits per heavy atom. The molecule has 3 N–H and O–H groups in total. The Labute approximate surface area is 524 Å². The molecule has 17 nitrogen and oxygen atoms in total. The van der Waals surface area contributed by atoms with Crippen molar-refractivity contribution in [1.29, 1.82) is 0 Å². The number of aliphatic hydroxyl groups excluding tert-OH is 1. The molecule has 2 unspecified atom stereocenters. The maximum atomic E-state index is 13.0. The molecule has 86 heavy (non-hydrogen) atoms. The van der Waals surface area contributed by atoms with E-state index in [-0.39, 0.29) is 25.7 Å². The minimum atomic E-state index is -4.95. The van der Waals surface area contributed by atoms with Gasteiger partial charge in [0, 0.05) is 25.7 Å². The quantitative estimate of drug-likeness (QED) is 0.0222. The average Bonchev–Trinajstić information content (AvgIpc) is 3.63. The highest BCUT2D eigenvalue weighted by Gasteiger charge is 2.30. The van der Waals surface area contributed by atoms with Crippen molar-refractivity contribution < 1.29 is 80.2 Å². The number of phosphoric acid groups is 2. The van der Waals surface area contributed by atoms with Gasteiger partial charge in [-0.1, -0.05) is 291 Å². The summed E-state index contributed by atoms with van der Waals surface area (Å²) < 4.78 is 68.1. The molecule has 0 fully saturated rings. The molecule has 0 heterocycles. The molecular weight excluding hydrogens is 1140 g/mol. The van der Waals surface area contributed by atoms with Gasteiger partial charge in [0.25, 0.3) is 0 Å². The number of rotatable bonds is 67. The van der Waals surface area contributed by atoms with E-state index in [1.807, 2.05) is 0 Å². The maximum absolute atomic E-state index is 13.0. The normalized spacial score (nSPS) is 14.2. The second-order valence-corrected chi connectivity index (χ2v) is 27.6. The fraction of sp³-hybridized carbons (Fsp3) is 0.940. The molecule has 5 atom stereocenters. The summed E-state index contributed by atoms with van der Waals surface area (Å²) in [7, 11) is -9.89.